The van der Waals surface area contributed by atoms with Crippen LogP contribution in [0.2, 0.25) is 0 Å². The average Bonchev–Trinajstić information content (AvgIpc) is 2.41. The molecule has 2 aliphatic rings. The molecular formula is C12H22ClNO3S. The van der Waals surface area contributed by atoms with E-state index in [1.807, 2.05) is 0 Å². The van der Waals surface area contributed by atoms with Crippen LogP contribution in [-0.2, 0) is 14.8 Å². The largest absolute Gasteiger partial charge is 0.381 e. The standard InChI is InChI=1S/C12H22ClNO3S/c13-7-4-11-3-1-2-8-14(11)18(15,16)12-5-9-17-10-6-12/h11-12H,1-10H2. The van der Waals surface area contributed by atoms with Crippen molar-refractivity contribution >= 4 is 21.6 Å². The summed E-state index contributed by atoms with van der Waals surface area (Å²) >= 11 is 5.79. The maximum atomic E-state index is 12.7. The molecule has 0 bridgehead atoms. The van der Waals surface area contributed by atoms with Crippen LogP contribution in [0.3, 0.4) is 0 Å². The van der Waals surface area contributed by atoms with Crippen molar-refractivity contribution in [3.63, 3.8) is 0 Å². The van der Waals surface area contributed by atoms with Crippen LogP contribution in [0.25, 0.3) is 0 Å². The van der Waals surface area contributed by atoms with E-state index in [0.29, 0.717) is 38.5 Å². The van der Waals surface area contributed by atoms with Crippen molar-refractivity contribution in [2.45, 2.75) is 49.8 Å². The average molecular weight is 296 g/mol. The smallest absolute Gasteiger partial charge is 0.217 e. The van der Waals surface area contributed by atoms with E-state index in [9.17, 15) is 8.42 Å². The second-order valence-electron chi connectivity index (χ2n) is 5.09. The zero-order valence-electron chi connectivity index (χ0n) is 10.7. The molecule has 2 saturated heterocycles. The van der Waals surface area contributed by atoms with Gasteiger partial charge in [0.25, 0.3) is 0 Å². The van der Waals surface area contributed by atoms with Crippen molar-refractivity contribution in [1.82, 2.24) is 4.31 Å². The summed E-state index contributed by atoms with van der Waals surface area (Å²) in [5.74, 6) is 0.532. The molecule has 0 aromatic carbocycles. The molecule has 0 N–H and O–H groups in total. The fraction of sp³-hybridized carbons (Fsp3) is 1.00. The molecule has 0 radical (unpaired) electrons. The lowest BCUT2D eigenvalue weighted by Crippen LogP contribution is -2.49. The molecule has 2 heterocycles. The number of nitrogens with zero attached hydrogens (tertiary/aromatic N) is 1. The van der Waals surface area contributed by atoms with Gasteiger partial charge in [-0.15, -0.1) is 11.6 Å². The first-order valence-electron chi connectivity index (χ1n) is 6.80. The quantitative estimate of drug-likeness (QED) is 0.745. The van der Waals surface area contributed by atoms with Crippen molar-refractivity contribution in [3.8, 4) is 0 Å². The summed E-state index contributed by atoms with van der Waals surface area (Å²) in [7, 11) is -3.16. The van der Waals surface area contributed by atoms with Gasteiger partial charge in [0.15, 0.2) is 0 Å². The number of hydrogen-bond donors (Lipinski definition) is 0. The van der Waals surface area contributed by atoms with Crippen LogP contribution < -0.4 is 0 Å². The van der Waals surface area contributed by atoms with E-state index >= 15 is 0 Å². The molecule has 2 rings (SSSR count). The van der Waals surface area contributed by atoms with Gasteiger partial charge in [0, 0.05) is 31.7 Å². The summed E-state index contributed by atoms with van der Waals surface area (Å²) in [4.78, 5) is 0. The van der Waals surface area contributed by atoms with Crippen molar-refractivity contribution in [1.29, 1.82) is 0 Å². The SMILES string of the molecule is O=S(=O)(C1CCOCC1)N1CCCCC1CCCl. The Balaban J connectivity index is 2.10. The Bertz CT molecular complexity index is 352. The molecular weight excluding hydrogens is 274 g/mol. The number of halogens is 1. The molecule has 0 spiro atoms. The summed E-state index contributed by atoms with van der Waals surface area (Å²) in [6.07, 6.45) is 5.07. The molecule has 6 heteroatoms. The first-order valence-corrected chi connectivity index (χ1v) is 8.84. The highest BCUT2D eigenvalue weighted by Crippen LogP contribution is 2.28. The summed E-state index contributed by atoms with van der Waals surface area (Å²) in [5, 5.41) is -0.248. The minimum absolute atomic E-state index is 0.115. The van der Waals surface area contributed by atoms with Gasteiger partial charge >= 0.3 is 0 Å². The van der Waals surface area contributed by atoms with Gasteiger partial charge in [-0.1, -0.05) is 6.42 Å². The van der Waals surface area contributed by atoms with Gasteiger partial charge in [0.2, 0.25) is 10.0 Å². The van der Waals surface area contributed by atoms with Crippen LogP contribution in [0.4, 0.5) is 0 Å². The predicted octanol–water partition coefficient (Wildman–Crippen LogP) is 1.98. The third-order valence-corrected chi connectivity index (χ3v) is 6.60. The maximum absolute atomic E-state index is 12.7. The van der Waals surface area contributed by atoms with E-state index in [0.717, 1.165) is 25.7 Å². The van der Waals surface area contributed by atoms with E-state index < -0.39 is 10.0 Å². The summed E-state index contributed by atoms with van der Waals surface area (Å²) in [6.45, 7) is 1.80. The summed E-state index contributed by atoms with van der Waals surface area (Å²) < 4.78 is 32.3. The Morgan fingerprint density at radius 1 is 1.17 bits per heavy atom. The molecule has 1 unspecified atom stereocenters. The lowest BCUT2D eigenvalue weighted by atomic mass is 10.0. The van der Waals surface area contributed by atoms with E-state index in [2.05, 4.69) is 0 Å². The number of ether oxygens (including phenoxy) is 1. The van der Waals surface area contributed by atoms with Gasteiger partial charge in [0.1, 0.15) is 0 Å². The minimum atomic E-state index is -3.16. The fourth-order valence-electron chi connectivity index (χ4n) is 2.89. The van der Waals surface area contributed by atoms with Crippen molar-refractivity contribution < 1.29 is 13.2 Å². The molecule has 18 heavy (non-hydrogen) atoms. The first-order chi connectivity index (χ1) is 8.66. The Morgan fingerprint density at radius 2 is 1.89 bits per heavy atom. The fourth-order valence-corrected chi connectivity index (χ4v) is 5.32. The minimum Gasteiger partial charge on any atom is -0.381 e. The Morgan fingerprint density at radius 3 is 2.56 bits per heavy atom. The molecule has 0 saturated carbocycles. The van der Waals surface area contributed by atoms with Gasteiger partial charge < -0.3 is 4.74 Å². The number of piperidine rings is 1. The number of alkyl halides is 1. The van der Waals surface area contributed by atoms with Crippen LogP contribution in [0.1, 0.15) is 38.5 Å². The highest BCUT2D eigenvalue weighted by Gasteiger charge is 2.38. The number of rotatable bonds is 4. The van der Waals surface area contributed by atoms with Crippen molar-refractivity contribution in [2.75, 3.05) is 25.6 Å². The Hall–Kier alpha value is 0.160. The van der Waals surface area contributed by atoms with Gasteiger partial charge in [-0.3, -0.25) is 0 Å². The van der Waals surface area contributed by atoms with Crippen LogP contribution in [0.5, 0.6) is 0 Å². The third-order valence-electron chi connectivity index (χ3n) is 3.93. The molecule has 0 amide bonds. The first kappa shape index (κ1) is 14.6. The van der Waals surface area contributed by atoms with Crippen LogP contribution >= 0.6 is 11.6 Å². The zero-order chi connectivity index (χ0) is 13.0. The van der Waals surface area contributed by atoms with Gasteiger partial charge in [-0.05, 0) is 32.1 Å². The molecule has 106 valence electrons. The van der Waals surface area contributed by atoms with Crippen LogP contribution in [0.15, 0.2) is 0 Å². The summed E-state index contributed by atoms with van der Waals surface area (Å²) in [6, 6.07) is 0.115. The summed E-state index contributed by atoms with van der Waals surface area (Å²) in [5.41, 5.74) is 0. The second kappa shape index (κ2) is 6.55. The maximum Gasteiger partial charge on any atom is 0.217 e. The van der Waals surface area contributed by atoms with Crippen LogP contribution in [-0.4, -0.2) is 49.7 Å². The number of sulfonamides is 1. The van der Waals surface area contributed by atoms with Gasteiger partial charge in [-0.25, -0.2) is 8.42 Å². The molecule has 2 fully saturated rings. The van der Waals surface area contributed by atoms with Crippen molar-refractivity contribution in [3.05, 3.63) is 0 Å². The van der Waals surface area contributed by atoms with E-state index in [1.54, 1.807) is 4.31 Å². The monoisotopic (exact) mass is 295 g/mol. The Labute approximate surface area is 115 Å². The molecule has 1 atom stereocenters. The van der Waals surface area contributed by atoms with E-state index in [4.69, 9.17) is 16.3 Å². The highest BCUT2D eigenvalue weighted by atomic mass is 35.5. The molecule has 0 aliphatic carbocycles. The highest BCUT2D eigenvalue weighted by molar-refractivity contribution is 7.89. The molecule has 2 aliphatic heterocycles. The topological polar surface area (TPSA) is 46.6 Å². The Kier molecular flexibility index (Phi) is 5.30. The second-order valence-corrected chi connectivity index (χ2v) is 7.64. The zero-order valence-corrected chi connectivity index (χ0v) is 12.3. The predicted molar refractivity (Wildman–Crippen MR) is 72.4 cm³/mol. The normalized spacial score (nSPS) is 28.4. The molecule has 4 nitrogen and oxygen atoms in total. The molecule has 0 aromatic heterocycles. The van der Waals surface area contributed by atoms with Gasteiger partial charge in [-0.2, -0.15) is 4.31 Å². The van der Waals surface area contributed by atoms with E-state index in [1.165, 1.54) is 0 Å². The van der Waals surface area contributed by atoms with Crippen LogP contribution in [0, 0.1) is 0 Å². The van der Waals surface area contributed by atoms with Crippen molar-refractivity contribution in [2.24, 2.45) is 0 Å². The lowest BCUT2D eigenvalue weighted by molar-refractivity contribution is 0.0962. The number of hydrogen-bond acceptors (Lipinski definition) is 3. The lowest BCUT2D eigenvalue weighted by Gasteiger charge is -2.37. The van der Waals surface area contributed by atoms with E-state index in [-0.39, 0.29) is 11.3 Å². The van der Waals surface area contributed by atoms with Gasteiger partial charge in [0.05, 0.1) is 5.25 Å². The molecule has 0 aromatic rings. The third kappa shape index (κ3) is 3.18.